The first kappa shape index (κ1) is 21.0. The second-order valence-electron chi connectivity index (χ2n) is 6.88. The zero-order chi connectivity index (χ0) is 15.8. The molecule has 0 fully saturated rings. The molecule has 0 aromatic rings. The minimum Gasteiger partial charge on any atom is -0.393 e. The smallest absolute Gasteiger partial charge is 0.0537 e. The van der Waals surface area contributed by atoms with Crippen molar-refractivity contribution in [2.45, 2.75) is 123 Å². The summed E-state index contributed by atoms with van der Waals surface area (Å²) in [4.78, 5) is 0. The van der Waals surface area contributed by atoms with E-state index in [4.69, 9.17) is 0 Å². The number of aliphatic hydroxyl groups excluding tert-OH is 1. The lowest BCUT2D eigenvalue weighted by Crippen LogP contribution is -2.06. The van der Waals surface area contributed by atoms with Gasteiger partial charge in [-0.25, -0.2) is 0 Å². The van der Waals surface area contributed by atoms with Crippen LogP contribution >= 0.6 is 0 Å². The SMILES string of the molecule is CCCCCCCCCCCC(CC)CCCC(O)CC. The van der Waals surface area contributed by atoms with Crippen molar-refractivity contribution in [1.82, 2.24) is 0 Å². The van der Waals surface area contributed by atoms with E-state index in [2.05, 4.69) is 20.8 Å². The van der Waals surface area contributed by atoms with Gasteiger partial charge in [-0.3, -0.25) is 0 Å². The molecule has 0 aliphatic heterocycles. The molecule has 0 spiro atoms. The van der Waals surface area contributed by atoms with Crippen molar-refractivity contribution in [2.75, 3.05) is 0 Å². The van der Waals surface area contributed by atoms with Gasteiger partial charge in [0.2, 0.25) is 0 Å². The molecule has 0 amide bonds. The maximum atomic E-state index is 9.59. The van der Waals surface area contributed by atoms with Crippen molar-refractivity contribution in [3.8, 4) is 0 Å². The summed E-state index contributed by atoms with van der Waals surface area (Å²) in [6.07, 6.45) is 20.0. The third-order valence-corrected chi connectivity index (χ3v) is 4.91. The Morgan fingerprint density at radius 2 is 1.10 bits per heavy atom. The second-order valence-corrected chi connectivity index (χ2v) is 6.88. The molecule has 0 aromatic heterocycles. The Morgan fingerprint density at radius 3 is 1.62 bits per heavy atom. The second kappa shape index (κ2) is 16.3. The van der Waals surface area contributed by atoms with Crippen molar-refractivity contribution in [1.29, 1.82) is 0 Å². The first-order valence-electron chi connectivity index (χ1n) is 9.92. The Bertz CT molecular complexity index is 190. The summed E-state index contributed by atoms with van der Waals surface area (Å²) in [7, 11) is 0. The van der Waals surface area contributed by atoms with Crippen LogP contribution in [0.3, 0.4) is 0 Å². The van der Waals surface area contributed by atoms with Gasteiger partial charge in [-0.15, -0.1) is 0 Å². The van der Waals surface area contributed by atoms with Crippen molar-refractivity contribution in [3.63, 3.8) is 0 Å². The third kappa shape index (κ3) is 14.7. The number of unbranched alkanes of at least 4 members (excludes halogenated alkanes) is 8. The normalized spacial score (nSPS) is 14.3. The van der Waals surface area contributed by atoms with Crippen LogP contribution in [0.25, 0.3) is 0 Å². The highest BCUT2D eigenvalue weighted by atomic mass is 16.3. The average molecular weight is 299 g/mol. The van der Waals surface area contributed by atoms with Gasteiger partial charge in [-0.05, 0) is 18.8 Å². The van der Waals surface area contributed by atoms with Gasteiger partial charge in [0.05, 0.1) is 6.10 Å². The maximum Gasteiger partial charge on any atom is 0.0537 e. The lowest BCUT2D eigenvalue weighted by atomic mass is 9.92. The van der Waals surface area contributed by atoms with E-state index in [0.717, 1.165) is 18.8 Å². The van der Waals surface area contributed by atoms with Gasteiger partial charge in [0, 0.05) is 0 Å². The Hall–Kier alpha value is -0.0400. The topological polar surface area (TPSA) is 20.2 Å². The molecule has 0 saturated heterocycles. The number of rotatable bonds is 16. The summed E-state index contributed by atoms with van der Waals surface area (Å²) in [6, 6.07) is 0. The molecule has 1 heteroatoms. The molecule has 0 bridgehead atoms. The monoisotopic (exact) mass is 298 g/mol. The largest absolute Gasteiger partial charge is 0.393 e. The Kier molecular flexibility index (Phi) is 16.3. The highest BCUT2D eigenvalue weighted by Crippen LogP contribution is 2.21. The summed E-state index contributed by atoms with van der Waals surface area (Å²) in [5, 5.41) is 9.59. The zero-order valence-electron chi connectivity index (χ0n) is 15.2. The molecule has 0 heterocycles. The molecular weight excluding hydrogens is 256 g/mol. The molecule has 1 nitrogen and oxygen atoms in total. The number of aliphatic hydroxyl groups is 1. The van der Waals surface area contributed by atoms with Crippen LogP contribution in [0.5, 0.6) is 0 Å². The van der Waals surface area contributed by atoms with Gasteiger partial charge in [0.1, 0.15) is 0 Å². The average Bonchev–Trinajstić information content (AvgIpc) is 2.51. The molecule has 0 aromatic carbocycles. The van der Waals surface area contributed by atoms with E-state index in [1.807, 2.05) is 0 Å². The molecule has 2 unspecified atom stereocenters. The fourth-order valence-corrected chi connectivity index (χ4v) is 3.14. The number of hydrogen-bond acceptors (Lipinski definition) is 1. The lowest BCUT2D eigenvalue weighted by molar-refractivity contribution is 0.154. The molecule has 0 saturated carbocycles. The van der Waals surface area contributed by atoms with Crippen molar-refractivity contribution in [3.05, 3.63) is 0 Å². The molecular formula is C20H42O. The highest BCUT2D eigenvalue weighted by molar-refractivity contribution is 4.61. The molecule has 2 atom stereocenters. The minimum absolute atomic E-state index is 0.0600. The fourth-order valence-electron chi connectivity index (χ4n) is 3.14. The molecule has 21 heavy (non-hydrogen) atoms. The van der Waals surface area contributed by atoms with Crippen molar-refractivity contribution >= 4 is 0 Å². The highest BCUT2D eigenvalue weighted by Gasteiger charge is 2.07. The van der Waals surface area contributed by atoms with E-state index in [1.54, 1.807) is 0 Å². The summed E-state index contributed by atoms with van der Waals surface area (Å²) in [5.41, 5.74) is 0. The van der Waals surface area contributed by atoms with Crippen LogP contribution in [0.15, 0.2) is 0 Å². The van der Waals surface area contributed by atoms with Crippen LogP contribution in [0.1, 0.15) is 117 Å². The number of hydrogen-bond donors (Lipinski definition) is 1. The van der Waals surface area contributed by atoms with Gasteiger partial charge >= 0.3 is 0 Å². The molecule has 0 aliphatic carbocycles. The summed E-state index contributed by atoms with van der Waals surface area (Å²) >= 11 is 0. The Morgan fingerprint density at radius 1 is 0.571 bits per heavy atom. The van der Waals surface area contributed by atoms with Gasteiger partial charge in [-0.1, -0.05) is 104 Å². The molecule has 1 N–H and O–H groups in total. The van der Waals surface area contributed by atoms with Crippen LogP contribution in [0.4, 0.5) is 0 Å². The molecule has 0 rings (SSSR count). The van der Waals surface area contributed by atoms with Crippen LogP contribution in [0.2, 0.25) is 0 Å². The quantitative estimate of drug-likeness (QED) is 0.308. The molecule has 0 aliphatic rings. The fraction of sp³-hybridized carbons (Fsp3) is 1.00. The van der Waals surface area contributed by atoms with E-state index in [9.17, 15) is 5.11 Å². The van der Waals surface area contributed by atoms with E-state index < -0.39 is 0 Å². The van der Waals surface area contributed by atoms with Gasteiger partial charge in [0.15, 0.2) is 0 Å². The summed E-state index contributed by atoms with van der Waals surface area (Å²) in [6.45, 7) is 6.69. The van der Waals surface area contributed by atoms with Crippen LogP contribution in [-0.4, -0.2) is 11.2 Å². The summed E-state index contributed by atoms with van der Waals surface area (Å²) < 4.78 is 0. The maximum absolute atomic E-state index is 9.59. The van der Waals surface area contributed by atoms with Crippen LogP contribution in [-0.2, 0) is 0 Å². The van der Waals surface area contributed by atoms with E-state index in [0.29, 0.717) is 0 Å². The van der Waals surface area contributed by atoms with Crippen LogP contribution in [0, 0.1) is 5.92 Å². The first-order chi connectivity index (χ1) is 10.2. The summed E-state index contributed by atoms with van der Waals surface area (Å²) in [5.74, 6) is 0.901. The Labute approximate surface area is 134 Å². The van der Waals surface area contributed by atoms with E-state index in [1.165, 1.54) is 83.5 Å². The van der Waals surface area contributed by atoms with Gasteiger partial charge in [0.25, 0.3) is 0 Å². The minimum atomic E-state index is -0.0600. The van der Waals surface area contributed by atoms with Crippen molar-refractivity contribution < 1.29 is 5.11 Å². The Balaban J connectivity index is 3.34. The van der Waals surface area contributed by atoms with Crippen LogP contribution < -0.4 is 0 Å². The lowest BCUT2D eigenvalue weighted by Gasteiger charge is -2.15. The molecule has 128 valence electrons. The zero-order valence-corrected chi connectivity index (χ0v) is 15.2. The first-order valence-corrected chi connectivity index (χ1v) is 9.92. The van der Waals surface area contributed by atoms with Crippen molar-refractivity contribution in [2.24, 2.45) is 5.92 Å². The molecule has 0 radical (unpaired) electrons. The van der Waals surface area contributed by atoms with Gasteiger partial charge < -0.3 is 5.11 Å². The van der Waals surface area contributed by atoms with E-state index in [-0.39, 0.29) is 6.10 Å². The van der Waals surface area contributed by atoms with Gasteiger partial charge in [-0.2, -0.15) is 0 Å². The van der Waals surface area contributed by atoms with E-state index >= 15 is 0 Å². The third-order valence-electron chi connectivity index (χ3n) is 4.91. The predicted octanol–water partition coefficient (Wildman–Crippen LogP) is 6.87. The standard InChI is InChI=1S/C20H42O/c1-4-7-8-9-10-11-12-13-14-16-19(5-2)17-15-18-20(21)6-3/h19-21H,4-18H2,1-3H3. The predicted molar refractivity (Wildman–Crippen MR) is 95.8 cm³/mol.